The number of hydrogen-bond acceptors (Lipinski definition) is 3. The molecule has 0 spiro atoms. The van der Waals surface area contributed by atoms with Crippen LogP contribution in [0.25, 0.3) is 0 Å². The molecule has 0 saturated carbocycles. The normalized spacial score (nSPS) is 11.1. The van der Waals surface area contributed by atoms with E-state index >= 15 is 0 Å². The lowest BCUT2D eigenvalue weighted by atomic mass is 10.3. The first kappa shape index (κ1) is 12.1. The van der Waals surface area contributed by atoms with Crippen molar-refractivity contribution in [3.8, 4) is 0 Å². The number of carbonyl (C=O) groups is 2. The van der Waals surface area contributed by atoms with Crippen LogP contribution in [0.15, 0.2) is 0 Å². The summed E-state index contributed by atoms with van der Waals surface area (Å²) in [7, 11) is 6.16. The average molecular weight is 188 g/mol. The molecule has 0 atom stereocenters. The lowest BCUT2D eigenvalue weighted by Gasteiger charge is -2.23. The lowest BCUT2D eigenvalue weighted by Crippen LogP contribution is -2.35. The summed E-state index contributed by atoms with van der Waals surface area (Å²) in [5.41, 5.74) is 0. The molecule has 0 aromatic heterocycles. The SMILES string of the molecule is CC(=O)OC(=O)CCC[N+](C)(C)C. The van der Waals surface area contributed by atoms with E-state index in [1.54, 1.807) is 0 Å². The number of ether oxygens (including phenoxy) is 1. The van der Waals surface area contributed by atoms with E-state index in [4.69, 9.17) is 0 Å². The van der Waals surface area contributed by atoms with Gasteiger partial charge in [0.2, 0.25) is 0 Å². The Hall–Kier alpha value is -0.900. The van der Waals surface area contributed by atoms with Crippen molar-refractivity contribution < 1.29 is 18.8 Å². The predicted molar refractivity (Wildman–Crippen MR) is 48.9 cm³/mol. The lowest BCUT2D eigenvalue weighted by molar-refractivity contribution is -0.870. The first-order valence-corrected chi connectivity index (χ1v) is 4.33. The fraction of sp³-hybridized carbons (Fsp3) is 0.778. The first-order valence-electron chi connectivity index (χ1n) is 4.33. The standard InChI is InChI=1S/C9H18NO3/c1-8(11)13-9(12)6-5-7-10(2,3)4/h5-7H2,1-4H3/q+1. The van der Waals surface area contributed by atoms with E-state index in [0.717, 1.165) is 17.4 Å². The third-order valence-electron chi connectivity index (χ3n) is 1.47. The highest BCUT2D eigenvalue weighted by molar-refractivity contribution is 5.83. The summed E-state index contributed by atoms with van der Waals surface area (Å²) in [6.45, 7) is 2.13. The van der Waals surface area contributed by atoms with E-state index in [-0.39, 0.29) is 0 Å². The molecule has 0 radical (unpaired) electrons. The number of esters is 2. The molecule has 76 valence electrons. The average Bonchev–Trinajstić information content (AvgIpc) is 1.81. The van der Waals surface area contributed by atoms with Crippen molar-refractivity contribution in [2.75, 3.05) is 27.7 Å². The van der Waals surface area contributed by atoms with Gasteiger partial charge in [0.15, 0.2) is 0 Å². The van der Waals surface area contributed by atoms with Gasteiger partial charge in [-0.1, -0.05) is 0 Å². The summed E-state index contributed by atoms with van der Waals surface area (Å²) >= 11 is 0. The molecule has 0 amide bonds. The van der Waals surface area contributed by atoms with Crippen molar-refractivity contribution in [1.82, 2.24) is 0 Å². The van der Waals surface area contributed by atoms with Gasteiger partial charge in [0.05, 0.1) is 34.1 Å². The Morgan fingerprint density at radius 1 is 1.23 bits per heavy atom. The van der Waals surface area contributed by atoms with Crippen LogP contribution in [0.4, 0.5) is 0 Å². The predicted octanol–water partition coefficient (Wildman–Crippen LogP) is 0.562. The smallest absolute Gasteiger partial charge is 0.313 e. The van der Waals surface area contributed by atoms with Gasteiger partial charge in [-0.2, -0.15) is 0 Å². The molecule has 4 nitrogen and oxygen atoms in total. The topological polar surface area (TPSA) is 43.4 Å². The van der Waals surface area contributed by atoms with Gasteiger partial charge in [-0.05, 0) is 0 Å². The summed E-state index contributed by atoms with van der Waals surface area (Å²) in [6, 6.07) is 0. The van der Waals surface area contributed by atoms with Crippen LogP contribution in [0.2, 0.25) is 0 Å². The van der Waals surface area contributed by atoms with Gasteiger partial charge in [-0.25, -0.2) is 0 Å². The molecule has 0 rings (SSSR count). The van der Waals surface area contributed by atoms with Crippen molar-refractivity contribution in [3.05, 3.63) is 0 Å². The summed E-state index contributed by atoms with van der Waals surface area (Å²) in [5.74, 6) is -0.962. The third-order valence-corrected chi connectivity index (χ3v) is 1.47. The summed E-state index contributed by atoms with van der Waals surface area (Å²) in [4.78, 5) is 21.3. The molecular formula is C9H18NO3+. The fourth-order valence-corrected chi connectivity index (χ4v) is 0.909. The monoisotopic (exact) mass is 188 g/mol. The molecule has 0 bridgehead atoms. The minimum absolute atomic E-state index is 0.315. The van der Waals surface area contributed by atoms with E-state index < -0.39 is 11.9 Å². The molecule has 4 heteroatoms. The zero-order valence-electron chi connectivity index (χ0n) is 8.79. The molecule has 0 heterocycles. The second-order valence-electron chi connectivity index (χ2n) is 4.08. The van der Waals surface area contributed by atoms with Crippen molar-refractivity contribution >= 4 is 11.9 Å². The van der Waals surface area contributed by atoms with Crippen molar-refractivity contribution in [2.45, 2.75) is 19.8 Å². The summed E-state index contributed by atoms with van der Waals surface area (Å²) < 4.78 is 5.19. The van der Waals surface area contributed by atoms with E-state index in [1.807, 2.05) is 0 Å². The van der Waals surface area contributed by atoms with Gasteiger partial charge in [-0.15, -0.1) is 0 Å². The van der Waals surface area contributed by atoms with Crippen LogP contribution in [0, 0.1) is 0 Å². The van der Waals surface area contributed by atoms with E-state index in [2.05, 4.69) is 25.9 Å². The quantitative estimate of drug-likeness (QED) is 0.368. The second kappa shape index (κ2) is 4.97. The Bertz CT molecular complexity index is 194. The van der Waals surface area contributed by atoms with Gasteiger partial charge in [0, 0.05) is 13.3 Å². The Balaban J connectivity index is 3.54. The third kappa shape index (κ3) is 9.01. The maximum absolute atomic E-state index is 10.9. The molecule has 0 aromatic carbocycles. The van der Waals surface area contributed by atoms with Gasteiger partial charge < -0.3 is 9.22 Å². The van der Waals surface area contributed by atoms with E-state index in [0.29, 0.717) is 6.42 Å². The Morgan fingerprint density at radius 2 is 1.77 bits per heavy atom. The number of nitrogens with zero attached hydrogens (tertiary/aromatic N) is 1. The molecule has 0 N–H and O–H groups in total. The minimum Gasteiger partial charge on any atom is -0.393 e. The molecule has 0 aliphatic rings. The molecule has 0 fully saturated rings. The van der Waals surface area contributed by atoms with Crippen LogP contribution < -0.4 is 0 Å². The summed E-state index contributed by atoms with van der Waals surface area (Å²) in [6.07, 6.45) is 1.06. The van der Waals surface area contributed by atoms with Crippen molar-refractivity contribution in [3.63, 3.8) is 0 Å². The fourth-order valence-electron chi connectivity index (χ4n) is 0.909. The number of carbonyl (C=O) groups excluding carboxylic acids is 2. The summed E-state index contributed by atoms with van der Waals surface area (Å²) in [5, 5.41) is 0. The maximum Gasteiger partial charge on any atom is 0.313 e. The van der Waals surface area contributed by atoms with Crippen LogP contribution in [0.5, 0.6) is 0 Å². The van der Waals surface area contributed by atoms with Crippen LogP contribution >= 0.6 is 0 Å². The van der Waals surface area contributed by atoms with Gasteiger partial charge >= 0.3 is 11.9 Å². The first-order chi connectivity index (χ1) is 5.81. The largest absolute Gasteiger partial charge is 0.393 e. The Labute approximate surface area is 79.1 Å². The van der Waals surface area contributed by atoms with Gasteiger partial charge in [-0.3, -0.25) is 9.59 Å². The van der Waals surface area contributed by atoms with Crippen LogP contribution in [-0.2, 0) is 14.3 Å². The zero-order chi connectivity index (χ0) is 10.5. The van der Waals surface area contributed by atoms with Crippen molar-refractivity contribution in [2.24, 2.45) is 0 Å². The van der Waals surface area contributed by atoms with Crippen LogP contribution in [0.1, 0.15) is 19.8 Å². The maximum atomic E-state index is 10.9. The molecule has 0 aliphatic heterocycles. The number of rotatable bonds is 4. The molecule has 0 aromatic rings. The number of hydrogen-bond donors (Lipinski definition) is 0. The van der Waals surface area contributed by atoms with Crippen molar-refractivity contribution in [1.29, 1.82) is 0 Å². The zero-order valence-corrected chi connectivity index (χ0v) is 8.79. The Kier molecular flexibility index (Phi) is 4.62. The van der Waals surface area contributed by atoms with Crippen LogP contribution in [0.3, 0.4) is 0 Å². The number of quaternary nitrogens is 1. The highest BCUT2D eigenvalue weighted by Gasteiger charge is 2.10. The van der Waals surface area contributed by atoms with Gasteiger partial charge in [0.1, 0.15) is 0 Å². The highest BCUT2D eigenvalue weighted by Crippen LogP contribution is 1.99. The highest BCUT2D eigenvalue weighted by atomic mass is 16.6. The minimum atomic E-state index is -0.532. The molecule has 0 saturated heterocycles. The van der Waals surface area contributed by atoms with Gasteiger partial charge in [0.25, 0.3) is 0 Å². The molecule has 0 aliphatic carbocycles. The molecule has 0 unspecified atom stereocenters. The van der Waals surface area contributed by atoms with E-state index in [1.165, 1.54) is 6.92 Å². The molecule has 13 heavy (non-hydrogen) atoms. The molecular weight excluding hydrogens is 170 g/mol. The van der Waals surface area contributed by atoms with Crippen LogP contribution in [-0.4, -0.2) is 44.1 Å². The Morgan fingerprint density at radius 3 is 2.15 bits per heavy atom. The van der Waals surface area contributed by atoms with E-state index in [9.17, 15) is 9.59 Å². The second-order valence-corrected chi connectivity index (χ2v) is 4.08.